The highest BCUT2D eigenvalue weighted by molar-refractivity contribution is 7.12. The van der Waals surface area contributed by atoms with Crippen molar-refractivity contribution >= 4 is 29.2 Å². The molecule has 14 heavy (non-hydrogen) atoms. The molecule has 1 aromatic rings. The highest BCUT2D eigenvalue weighted by Gasteiger charge is 2.32. The van der Waals surface area contributed by atoms with Crippen molar-refractivity contribution in [1.82, 2.24) is 4.98 Å². The van der Waals surface area contributed by atoms with E-state index in [0.29, 0.717) is 10.9 Å². The fraction of sp³-hybridized carbons (Fsp3) is 0.333. The average Bonchev–Trinajstić information content (AvgIpc) is 2.67. The lowest BCUT2D eigenvalue weighted by atomic mass is 10.0. The molecule has 2 rings (SSSR count). The van der Waals surface area contributed by atoms with Crippen molar-refractivity contribution < 1.29 is 4.39 Å². The summed E-state index contributed by atoms with van der Waals surface area (Å²) in [5.41, 5.74) is -1.49. The summed E-state index contributed by atoms with van der Waals surface area (Å²) in [6.45, 7) is 0. The van der Waals surface area contributed by atoms with E-state index in [-0.39, 0.29) is 6.42 Å². The van der Waals surface area contributed by atoms with Crippen molar-refractivity contribution in [2.75, 3.05) is 0 Å². The van der Waals surface area contributed by atoms with Crippen LogP contribution in [-0.4, -0.2) is 11.2 Å². The van der Waals surface area contributed by atoms with Crippen molar-refractivity contribution in [3.8, 4) is 0 Å². The second-order valence-corrected chi connectivity index (χ2v) is 4.36. The average molecular weight is 231 g/mol. The van der Waals surface area contributed by atoms with Crippen molar-refractivity contribution in [1.29, 1.82) is 0 Å². The van der Waals surface area contributed by atoms with E-state index in [9.17, 15) is 4.39 Å². The van der Waals surface area contributed by atoms with Gasteiger partial charge in [0.15, 0.2) is 5.67 Å². The van der Waals surface area contributed by atoms with Gasteiger partial charge in [0.05, 0.1) is 5.88 Å². The van der Waals surface area contributed by atoms with Gasteiger partial charge in [-0.15, -0.1) is 22.9 Å². The molecule has 0 radical (unpaired) electrons. The predicted molar refractivity (Wildman–Crippen MR) is 56.7 cm³/mol. The molecule has 2 heterocycles. The van der Waals surface area contributed by atoms with Crippen LogP contribution in [0.5, 0.6) is 0 Å². The minimum absolute atomic E-state index is 0.249. The molecule has 1 unspecified atom stereocenters. The lowest BCUT2D eigenvalue weighted by Gasteiger charge is -2.18. The molecule has 0 aromatic carbocycles. The number of allylic oxidation sites excluding steroid dienone is 1. The minimum Gasteiger partial charge on any atom is -0.269 e. The van der Waals surface area contributed by atoms with Crippen LogP contribution in [0, 0.1) is 0 Å². The molecule has 1 atom stereocenters. The normalized spacial score (nSPS) is 25.6. The van der Waals surface area contributed by atoms with Crippen LogP contribution >= 0.6 is 22.9 Å². The third kappa shape index (κ3) is 1.72. The van der Waals surface area contributed by atoms with Crippen molar-refractivity contribution in [3.05, 3.63) is 28.4 Å². The van der Waals surface area contributed by atoms with E-state index in [2.05, 4.69) is 9.98 Å². The first-order chi connectivity index (χ1) is 6.74. The van der Waals surface area contributed by atoms with Gasteiger partial charge in [-0.25, -0.2) is 9.37 Å². The van der Waals surface area contributed by atoms with Crippen LogP contribution in [0.1, 0.15) is 16.3 Å². The van der Waals surface area contributed by atoms with Crippen LogP contribution in [0.15, 0.2) is 23.5 Å². The van der Waals surface area contributed by atoms with Crippen molar-refractivity contribution in [2.45, 2.75) is 18.0 Å². The topological polar surface area (TPSA) is 25.2 Å². The Bertz CT molecular complexity index is 388. The van der Waals surface area contributed by atoms with Crippen LogP contribution in [0.25, 0.3) is 0 Å². The maximum absolute atomic E-state index is 14.2. The Balaban J connectivity index is 2.29. The van der Waals surface area contributed by atoms with Gasteiger partial charge < -0.3 is 0 Å². The van der Waals surface area contributed by atoms with Crippen molar-refractivity contribution in [3.63, 3.8) is 0 Å². The summed E-state index contributed by atoms with van der Waals surface area (Å²) in [5.74, 6) is 0.381. The lowest BCUT2D eigenvalue weighted by molar-refractivity contribution is 0.243. The minimum atomic E-state index is -1.49. The monoisotopic (exact) mass is 230 g/mol. The van der Waals surface area contributed by atoms with Gasteiger partial charge in [-0.3, -0.25) is 4.99 Å². The SMILES string of the molecule is FC1(c2ncc(CCl)s2)C=CN=CC1. The van der Waals surface area contributed by atoms with Gasteiger partial charge >= 0.3 is 0 Å². The van der Waals surface area contributed by atoms with Crippen LogP contribution < -0.4 is 0 Å². The van der Waals surface area contributed by atoms with Gasteiger partial charge in [0, 0.05) is 29.9 Å². The van der Waals surface area contributed by atoms with E-state index in [1.165, 1.54) is 23.6 Å². The van der Waals surface area contributed by atoms with E-state index in [4.69, 9.17) is 11.6 Å². The zero-order valence-corrected chi connectivity index (χ0v) is 8.85. The fourth-order valence-corrected chi connectivity index (χ4v) is 2.26. The van der Waals surface area contributed by atoms with Gasteiger partial charge in [-0.2, -0.15) is 0 Å². The second kappa shape index (κ2) is 3.79. The van der Waals surface area contributed by atoms with Crippen LogP contribution in [0.3, 0.4) is 0 Å². The van der Waals surface area contributed by atoms with E-state index in [0.717, 1.165) is 4.88 Å². The summed E-state index contributed by atoms with van der Waals surface area (Å²) in [4.78, 5) is 8.74. The van der Waals surface area contributed by atoms with Gasteiger partial charge in [0.2, 0.25) is 0 Å². The van der Waals surface area contributed by atoms with Gasteiger partial charge in [-0.1, -0.05) is 0 Å². The fourth-order valence-electron chi connectivity index (χ4n) is 1.20. The first-order valence-corrected chi connectivity index (χ1v) is 5.49. The maximum atomic E-state index is 14.2. The Labute approximate surface area is 90.1 Å². The molecule has 0 spiro atoms. The highest BCUT2D eigenvalue weighted by atomic mass is 35.5. The van der Waals surface area contributed by atoms with Crippen molar-refractivity contribution in [2.24, 2.45) is 4.99 Å². The molecular formula is C9H8ClFN2S. The molecule has 0 aliphatic carbocycles. The Morgan fingerprint density at radius 3 is 3.07 bits per heavy atom. The molecule has 1 aliphatic heterocycles. The Morgan fingerprint density at radius 1 is 1.64 bits per heavy atom. The Hall–Kier alpha value is -0.740. The quantitative estimate of drug-likeness (QED) is 0.717. The maximum Gasteiger partial charge on any atom is 0.186 e. The summed E-state index contributed by atoms with van der Waals surface area (Å²) >= 11 is 6.94. The molecule has 0 N–H and O–H groups in total. The first-order valence-electron chi connectivity index (χ1n) is 4.14. The number of hydrogen-bond acceptors (Lipinski definition) is 3. The molecule has 0 saturated heterocycles. The molecule has 0 saturated carbocycles. The lowest BCUT2D eigenvalue weighted by Crippen LogP contribution is -2.18. The molecule has 1 aliphatic rings. The van der Waals surface area contributed by atoms with Crippen LogP contribution in [0.4, 0.5) is 4.39 Å². The molecule has 5 heteroatoms. The van der Waals surface area contributed by atoms with E-state index < -0.39 is 5.67 Å². The third-order valence-corrected chi connectivity index (χ3v) is 3.56. The summed E-state index contributed by atoms with van der Waals surface area (Å²) < 4.78 is 14.2. The second-order valence-electron chi connectivity index (χ2n) is 2.98. The van der Waals surface area contributed by atoms with E-state index >= 15 is 0 Å². The Kier molecular flexibility index (Phi) is 2.65. The first kappa shape index (κ1) is 9.80. The number of aliphatic imine (C=N–C) groups is 1. The predicted octanol–water partition coefficient (Wildman–Crippen LogP) is 3.03. The Morgan fingerprint density at radius 2 is 2.50 bits per heavy atom. The summed E-state index contributed by atoms with van der Waals surface area (Å²) in [6.07, 6.45) is 6.32. The van der Waals surface area contributed by atoms with Crippen LogP contribution in [0.2, 0.25) is 0 Å². The summed E-state index contributed by atoms with van der Waals surface area (Å²) in [5, 5.41) is 0.454. The van der Waals surface area contributed by atoms with Gasteiger partial charge in [-0.05, 0) is 6.08 Å². The third-order valence-electron chi connectivity index (χ3n) is 1.96. The summed E-state index contributed by atoms with van der Waals surface area (Å²) in [7, 11) is 0. The number of thiazole rings is 1. The highest BCUT2D eigenvalue weighted by Crippen LogP contribution is 2.35. The molecular weight excluding hydrogens is 223 g/mol. The number of hydrogen-bond donors (Lipinski definition) is 0. The number of nitrogens with zero attached hydrogens (tertiary/aromatic N) is 2. The molecule has 0 fully saturated rings. The largest absolute Gasteiger partial charge is 0.269 e. The smallest absolute Gasteiger partial charge is 0.186 e. The van der Waals surface area contributed by atoms with E-state index in [1.807, 2.05) is 0 Å². The van der Waals surface area contributed by atoms with Crippen LogP contribution in [-0.2, 0) is 11.5 Å². The number of rotatable bonds is 2. The molecule has 2 nitrogen and oxygen atoms in total. The molecule has 74 valence electrons. The van der Waals surface area contributed by atoms with Gasteiger partial charge in [0.1, 0.15) is 5.01 Å². The molecule has 1 aromatic heterocycles. The zero-order chi connectivity index (χ0) is 10.0. The molecule has 0 amide bonds. The number of aromatic nitrogens is 1. The zero-order valence-electron chi connectivity index (χ0n) is 7.28. The van der Waals surface area contributed by atoms with Gasteiger partial charge in [0.25, 0.3) is 0 Å². The van der Waals surface area contributed by atoms with E-state index in [1.54, 1.807) is 12.4 Å². The standard InChI is InChI=1S/C9H8ClFN2S/c10-5-7-6-13-8(14-7)9(11)1-3-12-4-2-9/h1,3-4,6H,2,5H2. The number of halogens is 2. The molecule has 0 bridgehead atoms. The number of alkyl halides is 2. The summed E-state index contributed by atoms with van der Waals surface area (Å²) in [6, 6.07) is 0.